The molecule has 2 atom stereocenters. The summed E-state index contributed by atoms with van der Waals surface area (Å²) in [5.74, 6) is 3.52. The zero-order chi connectivity index (χ0) is 13.2. The van der Waals surface area contributed by atoms with Crippen molar-refractivity contribution < 1.29 is 9.32 Å². The summed E-state index contributed by atoms with van der Waals surface area (Å²) in [6.07, 6.45) is 3.59. The van der Waals surface area contributed by atoms with Crippen molar-refractivity contribution in [3.8, 4) is 0 Å². The van der Waals surface area contributed by atoms with Crippen molar-refractivity contribution in [1.29, 1.82) is 0 Å². The van der Waals surface area contributed by atoms with Crippen molar-refractivity contribution in [2.45, 2.75) is 37.6 Å². The van der Waals surface area contributed by atoms with Crippen molar-refractivity contribution in [2.75, 3.05) is 25.1 Å². The van der Waals surface area contributed by atoms with Crippen LogP contribution in [0, 0.1) is 0 Å². The highest BCUT2D eigenvalue weighted by molar-refractivity contribution is 7.99. The van der Waals surface area contributed by atoms with Crippen LogP contribution in [0.25, 0.3) is 0 Å². The van der Waals surface area contributed by atoms with Crippen LogP contribution in [-0.4, -0.2) is 45.9 Å². The molecule has 5 nitrogen and oxygen atoms in total. The van der Waals surface area contributed by atoms with Crippen LogP contribution in [0.4, 0.5) is 0 Å². The molecule has 19 heavy (non-hydrogen) atoms. The second kappa shape index (κ2) is 5.63. The lowest BCUT2D eigenvalue weighted by molar-refractivity contribution is -0.122. The highest BCUT2D eigenvalue weighted by Crippen LogP contribution is 2.31. The van der Waals surface area contributed by atoms with Gasteiger partial charge in [0.2, 0.25) is 5.89 Å². The van der Waals surface area contributed by atoms with E-state index in [0.29, 0.717) is 12.3 Å². The Morgan fingerprint density at radius 3 is 3.11 bits per heavy atom. The normalized spacial score (nSPS) is 29.6. The lowest BCUT2D eigenvalue weighted by Crippen LogP contribution is -2.33. The summed E-state index contributed by atoms with van der Waals surface area (Å²) in [6.45, 7) is 1.04. The van der Waals surface area contributed by atoms with Gasteiger partial charge in [-0.15, -0.1) is 0 Å². The molecule has 1 aliphatic carbocycles. The van der Waals surface area contributed by atoms with Gasteiger partial charge in [0, 0.05) is 24.5 Å². The molecule has 0 amide bonds. The maximum Gasteiger partial charge on any atom is 0.237 e. The molecule has 0 bridgehead atoms. The average Bonchev–Trinajstić information content (AvgIpc) is 2.89. The van der Waals surface area contributed by atoms with Crippen LogP contribution in [0.1, 0.15) is 49.4 Å². The number of thioether (sulfide) groups is 1. The summed E-state index contributed by atoms with van der Waals surface area (Å²) in [4.78, 5) is 18.7. The molecule has 1 saturated heterocycles. The predicted octanol–water partition coefficient (Wildman–Crippen LogP) is 2.02. The van der Waals surface area contributed by atoms with E-state index >= 15 is 0 Å². The number of rotatable bonds is 2. The van der Waals surface area contributed by atoms with Gasteiger partial charge in [-0.1, -0.05) is 11.6 Å². The van der Waals surface area contributed by atoms with Crippen molar-refractivity contribution in [1.82, 2.24) is 15.0 Å². The number of Topliss-reactive ketones (excluding diaryl/α,β-unsaturated/α-hetero) is 1. The largest absolute Gasteiger partial charge is 0.338 e. The van der Waals surface area contributed by atoms with Crippen LogP contribution in [0.3, 0.4) is 0 Å². The van der Waals surface area contributed by atoms with E-state index in [1.165, 1.54) is 0 Å². The molecular formula is C13H19N3O2S. The van der Waals surface area contributed by atoms with E-state index in [2.05, 4.69) is 22.1 Å². The highest BCUT2D eigenvalue weighted by atomic mass is 32.2. The number of hydrogen-bond donors (Lipinski definition) is 0. The fourth-order valence-electron chi connectivity index (χ4n) is 2.73. The number of hydrogen-bond acceptors (Lipinski definition) is 6. The summed E-state index contributed by atoms with van der Waals surface area (Å²) >= 11 is 1.92. The molecule has 0 radical (unpaired) electrons. The van der Waals surface area contributed by atoms with Crippen molar-refractivity contribution in [2.24, 2.45) is 0 Å². The topological polar surface area (TPSA) is 59.2 Å². The molecule has 6 heteroatoms. The third kappa shape index (κ3) is 2.69. The van der Waals surface area contributed by atoms with Gasteiger partial charge in [-0.2, -0.15) is 16.7 Å². The van der Waals surface area contributed by atoms with Gasteiger partial charge in [0.15, 0.2) is 5.82 Å². The van der Waals surface area contributed by atoms with E-state index < -0.39 is 0 Å². The van der Waals surface area contributed by atoms with Gasteiger partial charge in [0.25, 0.3) is 0 Å². The minimum atomic E-state index is -0.156. The van der Waals surface area contributed by atoms with Gasteiger partial charge in [0.05, 0.1) is 12.0 Å². The molecule has 3 rings (SSSR count). The first-order valence-electron chi connectivity index (χ1n) is 6.90. The fraction of sp³-hybridized carbons (Fsp3) is 0.769. The Morgan fingerprint density at radius 1 is 1.42 bits per heavy atom. The number of carbonyl (C=O) groups is 1. The first kappa shape index (κ1) is 13.1. The molecule has 0 spiro atoms. The van der Waals surface area contributed by atoms with Crippen LogP contribution in [-0.2, 0) is 4.79 Å². The number of nitrogens with zero attached hydrogens (tertiary/aromatic N) is 3. The molecule has 2 unspecified atom stereocenters. The average molecular weight is 281 g/mol. The van der Waals surface area contributed by atoms with Gasteiger partial charge in [-0.25, -0.2) is 0 Å². The Bertz CT molecular complexity index is 462. The monoisotopic (exact) mass is 281 g/mol. The number of carbonyl (C=O) groups excluding carboxylic acids is 1. The Hall–Kier alpha value is -0.880. The molecule has 2 heterocycles. The summed E-state index contributed by atoms with van der Waals surface area (Å²) in [5, 5.41) is 4.11. The predicted molar refractivity (Wildman–Crippen MR) is 73.2 cm³/mol. The van der Waals surface area contributed by atoms with E-state index in [-0.39, 0.29) is 17.7 Å². The zero-order valence-corrected chi connectivity index (χ0v) is 12.0. The maximum absolute atomic E-state index is 11.9. The lowest BCUT2D eigenvalue weighted by Gasteiger charge is -2.29. The Balaban J connectivity index is 1.76. The minimum Gasteiger partial charge on any atom is -0.338 e. The van der Waals surface area contributed by atoms with E-state index in [9.17, 15) is 4.79 Å². The molecule has 1 aliphatic heterocycles. The van der Waals surface area contributed by atoms with Crippen LogP contribution >= 0.6 is 11.8 Å². The van der Waals surface area contributed by atoms with Crippen LogP contribution < -0.4 is 0 Å². The molecule has 1 saturated carbocycles. The Kier molecular flexibility index (Phi) is 3.88. The van der Waals surface area contributed by atoms with Crippen LogP contribution in [0.15, 0.2) is 4.52 Å². The van der Waals surface area contributed by atoms with Gasteiger partial charge in [0.1, 0.15) is 5.78 Å². The molecule has 0 N–H and O–H groups in total. The first-order valence-corrected chi connectivity index (χ1v) is 8.05. The highest BCUT2D eigenvalue weighted by Gasteiger charge is 2.31. The van der Waals surface area contributed by atoms with Crippen molar-refractivity contribution in [3.63, 3.8) is 0 Å². The van der Waals surface area contributed by atoms with Gasteiger partial charge < -0.3 is 4.52 Å². The quantitative estimate of drug-likeness (QED) is 0.826. The summed E-state index contributed by atoms with van der Waals surface area (Å²) < 4.78 is 5.36. The molecule has 2 aliphatic rings. The molecule has 104 valence electrons. The van der Waals surface area contributed by atoms with Gasteiger partial charge in [-0.3, -0.25) is 9.69 Å². The molecular weight excluding hydrogens is 262 g/mol. The van der Waals surface area contributed by atoms with Crippen LogP contribution in [0.2, 0.25) is 0 Å². The smallest absolute Gasteiger partial charge is 0.237 e. The maximum atomic E-state index is 11.9. The first-order chi connectivity index (χ1) is 9.25. The van der Waals surface area contributed by atoms with Crippen molar-refractivity contribution >= 4 is 17.5 Å². The molecule has 2 fully saturated rings. The lowest BCUT2D eigenvalue weighted by atomic mass is 9.88. The third-order valence-corrected chi connectivity index (χ3v) is 5.03. The van der Waals surface area contributed by atoms with Gasteiger partial charge >= 0.3 is 0 Å². The SMILES string of the molecule is CN1CCSCC1c1noc(C2CCCCC2=O)n1. The summed E-state index contributed by atoms with van der Waals surface area (Å²) in [5.41, 5.74) is 0. The standard InChI is InChI=1S/C13H19N3O2S/c1-16-6-7-19-8-10(16)12-14-13(18-15-12)9-4-2-3-5-11(9)17/h9-10H,2-8H2,1H3. The molecule has 1 aromatic rings. The second-order valence-corrected chi connectivity index (χ2v) is 6.48. The molecule has 0 aromatic carbocycles. The minimum absolute atomic E-state index is 0.156. The Morgan fingerprint density at radius 2 is 2.32 bits per heavy atom. The molecule has 1 aromatic heterocycles. The zero-order valence-electron chi connectivity index (χ0n) is 11.2. The van der Waals surface area contributed by atoms with E-state index in [0.717, 1.165) is 43.1 Å². The summed E-state index contributed by atoms with van der Waals surface area (Å²) in [7, 11) is 2.09. The fourth-order valence-corrected chi connectivity index (χ4v) is 3.94. The van der Waals surface area contributed by atoms with E-state index in [1.807, 2.05) is 11.8 Å². The van der Waals surface area contributed by atoms with Crippen LogP contribution in [0.5, 0.6) is 0 Å². The number of aromatic nitrogens is 2. The summed E-state index contributed by atoms with van der Waals surface area (Å²) in [6, 6.07) is 0.218. The second-order valence-electron chi connectivity index (χ2n) is 5.33. The third-order valence-electron chi connectivity index (χ3n) is 4.00. The van der Waals surface area contributed by atoms with E-state index in [1.54, 1.807) is 0 Å². The Labute approximate surface area is 117 Å². The van der Waals surface area contributed by atoms with E-state index in [4.69, 9.17) is 4.52 Å². The van der Waals surface area contributed by atoms with Gasteiger partial charge in [-0.05, 0) is 19.9 Å². The van der Waals surface area contributed by atoms with Crippen molar-refractivity contribution in [3.05, 3.63) is 11.7 Å². The number of ketones is 1.